The summed E-state index contributed by atoms with van der Waals surface area (Å²) in [5.41, 5.74) is 5.82. The number of nitrogens with one attached hydrogen (secondary N) is 1. The Hall–Kier alpha value is -0.220. The predicted octanol–water partition coefficient (Wildman–Crippen LogP) is 1.37. The highest BCUT2D eigenvalue weighted by atomic mass is 32.2. The summed E-state index contributed by atoms with van der Waals surface area (Å²) in [6.45, 7) is 2.92. The summed E-state index contributed by atoms with van der Waals surface area (Å²) in [7, 11) is 0. The Labute approximate surface area is 96.6 Å². The molecule has 0 aromatic rings. The first kappa shape index (κ1) is 12.8. The maximum atomic E-state index is 11.6. The van der Waals surface area contributed by atoms with E-state index in [1.54, 1.807) is 0 Å². The summed E-state index contributed by atoms with van der Waals surface area (Å²) in [5, 5.41) is 2.96. The second-order valence-electron chi connectivity index (χ2n) is 4.76. The molecule has 0 heterocycles. The average Bonchev–Trinajstić information content (AvgIpc) is 2.13. The van der Waals surface area contributed by atoms with E-state index in [2.05, 4.69) is 18.5 Å². The number of hydrogen-bond donors (Lipinski definition) is 2. The van der Waals surface area contributed by atoms with Crippen molar-refractivity contribution in [2.75, 3.05) is 18.6 Å². The van der Waals surface area contributed by atoms with Crippen molar-refractivity contribution in [2.45, 2.75) is 38.1 Å². The lowest BCUT2D eigenvalue weighted by atomic mass is 9.75. The van der Waals surface area contributed by atoms with E-state index in [0.29, 0.717) is 12.3 Å². The molecule has 1 aliphatic carbocycles. The molecule has 15 heavy (non-hydrogen) atoms. The Kier molecular flexibility index (Phi) is 4.93. The number of rotatable bonds is 6. The first-order chi connectivity index (χ1) is 7.06. The van der Waals surface area contributed by atoms with Gasteiger partial charge < -0.3 is 11.1 Å². The van der Waals surface area contributed by atoms with Crippen molar-refractivity contribution in [3.8, 4) is 0 Å². The van der Waals surface area contributed by atoms with Crippen LogP contribution in [0, 0.1) is 5.92 Å². The van der Waals surface area contributed by atoms with Crippen LogP contribution < -0.4 is 11.1 Å². The molecule has 0 radical (unpaired) electrons. The lowest BCUT2D eigenvalue weighted by Crippen LogP contribution is -2.50. The van der Waals surface area contributed by atoms with E-state index in [1.807, 2.05) is 11.8 Å². The quantitative estimate of drug-likeness (QED) is 0.724. The molecule has 0 aromatic carbocycles. The highest BCUT2D eigenvalue weighted by Crippen LogP contribution is 2.31. The van der Waals surface area contributed by atoms with Gasteiger partial charge in [0.05, 0.1) is 0 Å². The van der Waals surface area contributed by atoms with Crippen molar-refractivity contribution >= 4 is 17.7 Å². The van der Waals surface area contributed by atoms with Gasteiger partial charge in [-0.3, -0.25) is 4.79 Å². The van der Waals surface area contributed by atoms with Crippen LogP contribution in [0.25, 0.3) is 0 Å². The lowest BCUT2D eigenvalue weighted by Gasteiger charge is -2.37. The molecular weight excluding hydrogens is 208 g/mol. The van der Waals surface area contributed by atoms with Gasteiger partial charge in [-0.25, -0.2) is 0 Å². The third-order valence-corrected chi connectivity index (χ3v) is 3.86. The minimum atomic E-state index is -0.188. The first-order valence-electron chi connectivity index (χ1n) is 5.60. The third-order valence-electron chi connectivity index (χ3n) is 2.96. The standard InChI is InChI=1S/C11H22N2OS/c1-9(8-15-2)7-13-10(14)6-11(12)4-3-5-11/h9H,3-8,12H2,1-2H3,(H,13,14). The van der Waals surface area contributed by atoms with Crippen molar-refractivity contribution in [3.63, 3.8) is 0 Å². The van der Waals surface area contributed by atoms with Gasteiger partial charge in [0.25, 0.3) is 0 Å². The maximum absolute atomic E-state index is 11.6. The summed E-state index contributed by atoms with van der Waals surface area (Å²) >= 11 is 1.81. The molecule has 1 atom stereocenters. The van der Waals surface area contributed by atoms with Crippen molar-refractivity contribution in [3.05, 3.63) is 0 Å². The SMILES string of the molecule is CSCC(C)CNC(=O)CC1(N)CCC1. The monoisotopic (exact) mass is 230 g/mol. The summed E-state index contributed by atoms with van der Waals surface area (Å²) in [5.74, 6) is 1.75. The number of carbonyl (C=O) groups is 1. The van der Waals surface area contributed by atoms with Gasteiger partial charge in [-0.2, -0.15) is 11.8 Å². The zero-order chi connectivity index (χ0) is 11.3. The smallest absolute Gasteiger partial charge is 0.221 e. The van der Waals surface area contributed by atoms with Crippen LogP contribution in [0.4, 0.5) is 0 Å². The van der Waals surface area contributed by atoms with Gasteiger partial charge in [0.15, 0.2) is 0 Å². The molecule has 1 saturated carbocycles. The number of hydrogen-bond acceptors (Lipinski definition) is 3. The molecule has 1 fully saturated rings. The highest BCUT2D eigenvalue weighted by molar-refractivity contribution is 7.98. The van der Waals surface area contributed by atoms with E-state index >= 15 is 0 Å². The van der Waals surface area contributed by atoms with Crippen molar-refractivity contribution in [1.29, 1.82) is 0 Å². The van der Waals surface area contributed by atoms with Gasteiger partial charge in [-0.15, -0.1) is 0 Å². The predicted molar refractivity (Wildman–Crippen MR) is 65.9 cm³/mol. The van der Waals surface area contributed by atoms with Gasteiger partial charge in [0.1, 0.15) is 0 Å². The van der Waals surface area contributed by atoms with Crippen molar-refractivity contribution < 1.29 is 4.79 Å². The van der Waals surface area contributed by atoms with E-state index in [9.17, 15) is 4.79 Å². The highest BCUT2D eigenvalue weighted by Gasteiger charge is 2.34. The molecule has 0 aromatic heterocycles. The van der Waals surface area contributed by atoms with E-state index in [-0.39, 0.29) is 11.4 Å². The van der Waals surface area contributed by atoms with E-state index in [0.717, 1.165) is 25.1 Å². The van der Waals surface area contributed by atoms with Crippen molar-refractivity contribution in [2.24, 2.45) is 11.7 Å². The number of nitrogens with two attached hydrogens (primary N) is 1. The second kappa shape index (κ2) is 5.75. The van der Waals surface area contributed by atoms with Crippen molar-refractivity contribution in [1.82, 2.24) is 5.32 Å². The summed E-state index contributed by atoms with van der Waals surface area (Å²) < 4.78 is 0. The van der Waals surface area contributed by atoms with E-state index < -0.39 is 0 Å². The minimum Gasteiger partial charge on any atom is -0.356 e. The molecule has 1 rings (SSSR count). The van der Waals surface area contributed by atoms with Gasteiger partial charge >= 0.3 is 0 Å². The molecule has 1 unspecified atom stereocenters. The third kappa shape index (κ3) is 4.43. The molecule has 3 nitrogen and oxygen atoms in total. The first-order valence-corrected chi connectivity index (χ1v) is 7.00. The van der Waals surface area contributed by atoms with Crippen LogP contribution in [-0.4, -0.2) is 30.0 Å². The number of amides is 1. The van der Waals surface area contributed by atoms with Crippen LogP contribution in [0.2, 0.25) is 0 Å². The Morgan fingerprint density at radius 1 is 1.60 bits per heavy atom. The Morgan fingerprint density at radius 3 is 2.73 bits per heavy atom. The van der Waals surface area contributed by atoms with E-state index in [1.165, 1.54) is 6.42 Å². The summed E-state index contributed by atoms with van der Waals surface area (Å²) in [6.07, 6.45) is 5.76. The summed E-state index contributed by atoms with van der Waals surface area (Å²) in [6, 6.07) is 0. The van der Waals surface area contributed by atoms with Gasteiger partial charge in [0.2, 0.25) is 5.91 Å². The fraction of sp³-hybridized carbons (Fsp3) is 0.909. The summed E-state index contributed by atoms with van der Waals surface area (Å²) in [4.78, 5) is 11.6. The molecule has 0 saturated heterocycles. The molecule has 1 aliphatic rings. The van der Waals surface area contributed by atoms with Gasteiger partial charge in [-0.05, 0) is 37.2 Å². The minimum absolute atomic E-state index is 0.116. The zero-order valence-electron chi connectivity index (χ0n) is 9.71. The maximum Gasteiger partial charge on any atom is 0.221 e. The largest absolute Gasteiger partial charge is 0.356 e. The van der Waals surface area contributed by atoms with E-state index in [4.69, 9.17) is 5.73 Å². The molecular formula is C11H22N2OS. The number of carbonyl (C=O) groups excluding carboxylic acids is 1. The van der Waals surface area contributed by atoms with Crippen LogP contribution in [0.3, 0.4) is 0 Å². The Bertz CT molecular complexity index is 217. The molecule has 1 amide bonds. The second-order valence-corrected chi connectivity index (χ2v) is 5.67. The van der Waals surface area contributed by atoms with Gasteiger partial charge in [-0.1, -0.05) is 6.92 Å². The zero-order valence-corrected chi connectivity index (χ0v) is 10.5. The number of thioether (sulfide) groups is 1. The molecule has 0 aliphatic heterocycles. The Morgan fingerprint density at radius 2 is 2.27 bits per heavy atom. The molecule has 0 spiro atoms. The van der Waals surface area contributed by atoms with Crippen LogP contribution in [-0.2, 0) is 4.79 Å². The fourth-order valence-electron chi connectivity index (χ4n) is 1.82. The Balaban J connectivity index is 2.13. The molecule has 4 heteroatoms. The van der Waals surface area contributed by atoms with Crippen LogP contribution in [0.1, 0.15) is 32.6 Å². The molecule has 88 valence electrons. The fourth-order valence-corrected chi connectivity index (χ4v) is 2.51. The lowest BCUT2D eigenvalue weighted by molar-refractivity contribution is -0.123. The van der Waals surface area contributed by atoms with Gasteiger partial charge in [0, 0.05) is 18.5 Å². The van der Waals surface area contributed by atoms with Crippen LogP contribution in [0.5, 0.6) is 0 Å². The van der Waals surface area contributed by atoms with Crippen LogP contribution in [0.15, 0.2) is 0 Å². The normalized spacial score (nSPS) is 20.5. The molecule has 0 bridgehead atoms. The topological polar surface area (TPSA) is 55.1 Å². The molecule has 3 N–H and O–H groups in total. The van der Waals surface area contributed by atoms with Crippen LogP contribution >= 0.6 is 11.8 Å². The average molecular weight is 230 g/mol.